The van der Waals surface area contributed by atoms with E-state index >= 15 is 0 Å². The number of hydrogen-bond acceptors (Lipinski definition) is 5. The number of hydrogen-bond donors (Lipinski definition) is 2. The minimum Gasteiger partial charge on any atom is -0.508 e. The molecule has 1 unspecified atom stereocenters. The van der Waals surface area contributed by atoms with Gasteiger partial charge in [-0.1, -0.05) is 6.07 Å². The maximum Gasteiger partial charge on any atom is 0.217 e. The molecule has 0 fully saturated rings. The van der Waals surface area contributed by atoms with Crippen LogP contribution in [0, 0.1) is 0 Å². The molecule has 25 heavy (non-hydrogen) atoms. The van der Waals surface area contributed by atoms with Crippen molar-refractivity contribution in [3.63, 3.8) is 0 Å². The predicted octanol–water partition coefficient (Wildman–Crippen LogP) is 2.54. The largest absolute Gasteiger partial charge is 0.508 e. The Hall–Kier alpha value is -2.76. The lowest BCUT2D eigenvalue weighted by molar-refractivity contribution is -0.119. The first-order valence-corrected chi connectivity index (χ1v) is 8.23. The van der Waals surface area contributed by atoms with Gasteiger partial charge in [0.15, 0.2) is 5.60 Å². The molecule has 1 aliphatic heterocycles. The average Bonchev–Trinajstić information content (AvgIpc) is 2.89. The monoisotopic (exact) mass is 342 g/mol. The predicted molar refractivity (Wildman–Crippen MR) is 92.8 cm³/mol. The zero-order chi connectivity index (χ0) is 18.0. The molecule has 6 nitrogen and oxygen atoms in total. The van der Waals surface area contributed by atoms with Crippen LogP contribution in [0.25, 0.3) is 0 Å². The molecule has 3 rings (SSSR count). The zero-order valence-corrected chi connectivity index (χ0v) is 14.6. The average molecular weight is 342 g/mol. The molecule has 1 aromatic carbocycles. The molecule has 2 aromatic rings. The van der Waals surface area contributed by atoms with Gasteiger partial charge in [-0.2, -0.15) is 0 Å². The highest BCUT2D eigenvalue weighted by atomic mass is 16.5. The number of aromatic nitrogens is 1. The van der Waals surface area contributed by atoms with Crippen molar-refractivity contribution in [1.29, 1.82) is 0 Å². The lowest BCUT2D eigenvalue weighted by atomic mass is 9.95. The molecule has 0 bridgehead atoms. The number of fused-ring (bicyclic) bond motifs is 1. The fourth-order valence-corrected chi connectivity index (χ4v) is 2.96. The second-order valence-electron chi connectivity index (χ2n) is 6.59. The summed E-state index contributed by atoms with van der Waals surface area (Å²) in [6.45, 7) is 5.71. The highest BCUT2D eigenvalue weighted by molar-refractivity contribution is 5.73. The fourth-order valence-electron chi connectivity index (χ4n) is 2.96. The molecule has 0 spiro atoms. The molecule has 2 N–H and O–H groups in total. The van der Waals surface area contributed by atoms with Crippen LogP contribution in [0.5, 0.6) is 17.2 Å². The number of nitrogens with zero attached hydrogens (tertiary/aromatic N) is 1. The number of ether oxygens (including phenoxy) is 2. The molecule has 1 aromatic heterocycles. The van der Waals surface area contributed by atoms with Crippen molar-refractivity contribution in [1.82, 2.24) is 10.3 Å². The minimum atomic E-state index is -0.571. The highest BCUT2D eigenvalue weighted by Gasteiger charge is 2.37. The number of phenolic OH excluding ortho intramolecular Hbond substituents is 1. The van der Waals surface area contributed by atoms with Crippen molar-refractivity contribution in [2.75, 3.05) is 6.61 Å². The molecule has 0 saturated carbocycles. The van der Waals surface area contributed by atoms with Gasteiger partial charge < -0.3 is 19.9 Å². The van der Waals surface area contributed by atoms with Crippen LogP contribution >= 0.6 is 0 Å². The number of benzene rings is 1. The third-order valence-corrected chi connectivity index (χ3v) is 4.14. The molecular weight excluding hydrogens is 320 g/mol. The number of phenols is 1. The molecule has 0 radical (unpaired) electrons. The molecule has 1 amide bonds. The second kappa shape index (κ2) is 6.63. The summed E-state index contributed by atoms with van der Waals surface area (Å²) in [5.74, 6) is 1.43. The van der Waals surface area contributed by atoms with Crippen molar-refractivity contribution in [3.8, 4) is 17.2 Å². The Morgan fingerprint density at radius 3 is 2.92 bits per heavy atom. The minimum absolute atomic E-state index is 0.0740. The Kier molecular flexibility index (Phi) is 4.53. The van der Waals surface area contributed by atoms with E-state index in [1.165, 1.54) is 6.92 Å². The third-order valence-electron chi connectivity index (χ3n) is 4.14. The van der Waals surface area contributed by atoms with Crippen molar-refractivity contribution >= 4 is 5.91 Å². The van der Waals surface area contributed by atoms with Gasteiger partial charge in [0, 0.05) is 19.4 Å². The van der Waals surface area contributed by atoms with Gasteiger partial charge >= 0.3 is 0 Å². The van der Waals surface area contributed by atoms with Gasteiger partial charge in [-0.15, -0.1) is 0 Å². The fraction of sp³-hybridized carbons (Fsp3) is 0.368. The standard InChI is InChI=1S/C19H22N2O4/c1-12(21-13(2)22)11-24-16-6-7-18(20-10-16)19(3)9-14-4-5-15(23)8-17(14)25-19/h4-8,10,12,23H,9,11H2,1-3H3,(H,21,22)/t12-,19?/m0/s1. The Balaban J connectivity index is 1.66. The second-order valence-corrected chi connectivity index (χ2v) is 6.59. The van der Waals surface area contributed by atoms with Gasteiger partial charge in [0.2, 0.25) is 5.91 Å². The first-order valence-electron chi connectivity index (χ1n) is 8.23. The first-order chi connectivity index (χ1) is 11.9. The van der Waals surface area contributed by atoms with E-state index in [9.17, 15) is 9.90 Å². The Bertz CT molecular complexity index is 775. The van der Waals surface area contributed by atoms with Crippen LogP contribution in [0.4, 0.5) is 0 Å². The van der Waals surface area contributed by atoms with E-state index in [0.717, 1.165) is 11.3 Å². The lowest BCUT2D eigenvalue weighted by Gasteiger charge is -2.23. The summed E-state index contributed by atoms with van der Waals surface area (Å²) < 4.78 is 11.7. The first kappa shape index (κ1) is 17.1. The molecule has 132 valence electrons. The zero-order valence-electron chi connectivity index (χ0n) is 14.6. The lowest BCUT2D eigenvalue weighted by Crippen LogP contribution is -2.35. The van der Waals surface area contributed by atoms with Crippen LogP contribution in [-0.2, 0) is 16.8 Å². The van der Waals surface area contributed by atoms with Crippen LogP contribution in [0.15, 0.2) is 36.5 Å². The van der Waals surface area contributed by atoms with Gasteiger partial charge in [0.25, 0.3) is 0 Å². The number of carbonyl (C=O) groups excluding carboxylic acids is 1. The normalized spacial score (nSPS) is 19.6. The maximum atomic E-state index is 11.0. The Labute approximate surface area is 146 Å². The number of rotatable bonds is 5. The van der Waals surface area contributed by atoms with E-state index < -0.39 is 5.60 Å². The van der Waals surface area contributed by atoms with Gasteiger partial charge in [-0.05, 0) is 37.6 Å². The SMILES string of the molecule is CC(=O)N[C@@H](C)COc1ccc(C2(C)Cc3ccc(O)cc3O2)nc1. The molecule has 1 aliphatic rings. The smallest absolute Gasteiger partial charge is 0.217 e. The van der Waals surface area contributed by atoms with E-state index in [1.807, 2.05) is 32.0 Å². The van der Waals surface area contributed by atoms with Gasteiger partial charge in [-0.3, -0.25) is 9.78 Å². The summed E-state index contributed by atoms with van der Waals surface area (Å²) in [5.41, 5.74) is 1.27. The van der Waals surface area contributed by atoms with Gasteiger partial charge in [0.05, 0.1) is 17.9 Å². The van der Waals surface area contributed by atoms with Crippen LogP contribution < -0.4 is 14.8 Å². The molecular formula is C19H22N2O4. The molecule has 2 heterocycles. The summed E-state index contributed by atoms with van der Waals surface area (Å²) in [5, 5.41) is 12.4. The molecule has 0 aliphatic carbocycles. The number of aromatic hydroxyl groups is 1. The maximum absolute atomic E-state index is 11.0. The Morgan fingerprint density at radius 2 is 2.24 bits per heavy atom. The van der Waals surface area contributed by atoms with Crippen LogP contribution in [0.3, 0.4) is 0 Å². The Morgan fingerprint density at radius 1 is 1.44 bits per heavy atom. The number of amides is 1. The van der Waals surface area contributed by atoms with Crippen LogP contribution in [-0.4, -0.2) is 28.6 Å². The van der Waals surface area contributed by atoms with Crippen molar-refractivity contribution < 1.29 is 19.4 Å². The van der Waals surface area contributed by atoms with E-state index in [1.54, 1.807) is 18.3 Å². The topological polar surface area (TPSA) is 80.7 Å². The van der Waals surface area contributed by atoms with E-state index in [4.69, 9.17) is 9.47 Å². The quantitative estimate of drug-likeness (QED) is 0.873. The van der Waals surface area contributed by atoms with Gasteiger partial charge in [0.1, 0.15) is 23.9 Å². The third kappa shape index (κ3) is 3.84. The number of carbonyl (C=O) groups is 1. The van der Waals surface area contributed by atoms with E-state index in [0.29, 0.717) is 24.5 Å². The van der Waals surface area contributed by atoms with Crippen LogP contribution in [0.1, 0.15) is 32.0 Å². The van der Waals surface area contributed by atoms with Crippen molar-refractivity contribution in [3.05, 3.63) is 47.8 Å². The van der Waals surface area contributed by atoms with Crippen molar-refractivity contribution in [2.45, 2.75) is 38.8 Å². The molecule has 0 saturated heterocycles. The van der Waals surface area contributed by atoms with Crippen molar-refractivity contribution in [2.24, 2.45) is 0 Å². The molecule has 2 atom stereocenters. The van der Waals surface area contributed by atoms with E-state index in [-0.39, 0.29) is 17.7 Å². The number of nitrogens with one attached hydrogen (secondary N) is 1. The summed E-state index contributed by atoms with van der Waals surface area (Å²) in [4.78, 5) is 15.5. The van der Waals surface area contributed by atoms with Crippen LogP contribution in [0.2, 0.25) is 0 Å². The number of pyridine rings is 1. The summed E-state index contributed by atoms with van der Waals surface area (Å²) in [6.07, 6.45) is 2.35. The van der Waals surface area contributed by atoms with Gasteiger partial charge in [-0.25, -0.2) is 0 Å². The highest BCUT2D eigenvalue weighted by Crippen LogP contribution is 2.42. The molecule has 6 heteroatoms. The summed E-state index contributed by atoms with van der Waals surface area (Å²) in [7, 11) is 0. The summed E-state index contributed by atoms with van der Waals surface area (Å²) in [6, 6.07) is 8.81. The summed E-state index contributed by atoms with van der Waals surface area (Å²) >= 11 is 0. The van der Waals surface area contributed by atoms with E-state index in [2.05, 4.69) is 10.3 Å².